The molecule has 2 unspecified atom stereocenters. The van der Waals surface area contributed by atoms with Crippen molar-refractivity contribution in [3.63, 3.8) is 0 Å². The summed E-state index contributed by atoms with van der Waals surface area (Å²) in [4.78, 5) is 0. The van der Waals surface area contributed by atoms with Gasteiger partial charge in [-0.15, -0.1) is 0 Å². The highest BCUT2D eigenvalue weighted by Gasteiger charge is 2.18. The summed E-state index contributed by atoms with van der Waals surface area (Å²) in [5.41, 5.74) is 7.36. The molecule has 0 bridgehead atoms. The van der Waals surface area contributed by atoms with Crippen LogP contribution >= 0.6 is 27.5 Å². The minimum Gasteiger partial charge on any atom is -0.328 e. The van der Waals surface area contributed by atoms with Gasteiger partial charge in [0, 0.05) is 15.5 Å². The van der Waals surface area contributed by atoms with Crippen molar-refractivity contribution in [2.45, 2.75) is 44.6 Å². The number of hydrogen-bond donors (Lipinski definition) is 1. The van der Waals surface area contributed by atoms with Gasteiger partial charge in [-0.2, -0.15) is 0 Å². The Morgan fingerprint density at radius 1 is 1.29 bits per heavy atom. The lowest BCUT2D eigenvalue weighted by Crippen LogP contribution is -2.22. The van der Waals surface area contributed by atoms with Crippen LogP contribution in [-0.4, -0.2) is 6.04 Å². The van der Waals surface area contributed by atoms with Crippen LogP contribution in [0.15, 0.2) is 22.7 Å². The Labute approximate surface area is 117 Å². The van der Waals surface area contributed by atoms with Crippen LogP contribution in [0.4, 0.5) is 0 Å². The van der Waals surface area contributed by atoms with Gasteiger partial charge in [-0.25, -0.2) is 0 Å². The van der Waals surface area contributed by atoms with E-state index in [1.54, 1.807) is 0 Å². The quantitative estimate of drug-likeness (QED) is 0.796. The monoisotopic (exact) mass is 315 g/mol. The lowest BCUT2D eigenvalue weighted by Gasteiger charge is -2.17. The van der Waals surface area contributed by atoms with Crippen LogP contribution in [0.5, 0.6) is 0 Å². The predicted octanol–water partition coefficient (Wildman–Crippen LogP) is 4.55. The molecule has 3 heteroatoms. The second-order valence-corrected chi connectivity index (χ2v) is 6.41. The maximum Gasteiger partial charge on any atom is 0.0449 e. The zero-order chi connectivity index (χ0) is 12.3. The topological polar surface area (TPSA) is 26.0 Å². The van der Waals surface area contributed by atoms with Gasteiger partial charge in [0.05, 0.1) is 0 Å². The summed E-state index contributed by atoms with van der Waals surface area (Å²) in [5.74, 6) is 0.700. The predicted molar refractivity (Wildman–Crippen MR) is 77.4 cm³/mol. The van der Waals surface area contributed by atoms with Crippen LogP contribution in [0.3, 0.4) is 0 Å². The molecular formula is C14H19BrClN. The molecule has 0 heterocycles. The first-order chi connectivity index (χ1) is 8.15. The van der Waals surface area contributed by atoms with Crippen molar-refractivity contribution in [3.8, 4) is 0 Å². The van der Waals surface area contributed by atoms with Crippen molar-refractivity contribution in [2.24, 2.45) is 11.7 Å². The third-order valence-corrected chi connectivity index (χ3v) is 4.44. The Kier molecular flexibility index (Phi) is 4.89. The molecule has 0 aliphatic heterocycles. The van der Waals surface area contributed by atoms with Gasteiger partial charge in [-0.3, -0.25) is 0 Å². The molecule has 17 heavy (non-hydrogen) atoms. The molecule has 0 aromatic heterocycles. The summed E-state index contributed by atoms with van der Waals surface area (Å²) in [6.45, 7) is 0. The Balaban J connectivity index is 2.03. The maximum atomic E-state index is 6.26. The third kappa shape index (κ3) is 3.97. The van der Waals surface area contributed by atoms with E-state index in [1.807, 2.05) is 6.07 Å². The summed E-state index contributed by atoms with van der Waals surface area (Å²) in [6, 6.07) is 6.56. The van der Waals surface area contributed by atoms with Crippen molar-refractivity contribution in [2.75, 3.05) is 0 Å². The molecule has 1 fully saturated rings. The van der Waals surface area contributed by atoms with E-state index in [0.29, 0.717) is 12.0 Å². The molecule has 1 aromatic rings. The van der Waals surface area contributed by atoms with E-state index in [4.69, 9.17) is 17.3 Å². The Morgan fingerprint density at radius 3 is 2.82 bits per heavy atom. The van der Waals surface area contributed by atoms with Crippen LogP contribution in [0.25, 0.3) is 0 Å². The first kappa shape index (κ1) is 13.4. The summed E-state index contributed by atoms with van der Waals surface area (Å²) < 4.78 is 1.05. The van der Waals surface area contributed by atoms with Crippen LogP contribution in [0.2, 0.25) is 5.02 Å². The summed E-state index contributed by atoms with van der Waals surface area (Å²) in [6.07, 6.45) is 7.29. The van der Waals surface area contributed by atoms with Gasteiger partial charge >= 0.3 is 0 Å². The fourth-order valence-corrected chi connectivity index (χ4v) is 3.44. The molecule has 0 radical (unpaired) electrons. The smallest absolute Gasteiger partial charge is 0.0449 e. The average molecular weight is 317 g/mol. The fraction of sp³-hybridized carbons (Fsp3) is 0.571. The van der Waals surface area contributed by atoms with E-state index >= 15 is 0 Å². The molecule has 0 saturated heterocycles. The van der Waals surface area contributed by atoms with E-state index < -0.39 is 0 Å². The van der Waals surface area contributed by atoms with Gasteiger partial charge < -0.3 is 5.73 Å². The van der Waals surface area contributed by atoms with Gasteiger partial charge in [0.1, 0.15) is 0 Å². The Bertz CT molecular complexity index is 380. The second kappa shape index (κ2) is 6.21. The summed E-state index contributed by atoms with van der Waals surface area (Å²) >= 11 is 9.70. The second-order valence-electron chi connectivity index (χ2n) is 5.09. The van der Waals surface area contributed by atoms with Gasteiger partial charge in [0.15, 0.2) is 0 Å². The molecule has 1 saturated carbocycles. The third-order valence-electron chi connectivity index (χ3n) is 3.60. The SMILES string of the molecule is NC1CCCCC(Cc2ccc(Br)cc2Cl)C1. The van der Waals surface area contributed by atoms with Crippen LogP contribution in [-0.2, 0) is 6.42 Å². The average Bonchev–Trinajstić information content (AvgIpc) is 2.47. The van der Waals surface area contributed by atoms with Gasteiger partial charge in [0.2, 0.25) is 0 Å². The van der Waals surface area contributed by atoms with Crippen molar-refractivity contribution in [1.29, 1.82) is 0 Å². The van der Waals surface area contributed by atoms with Crippen LogP contribution in [0, 0.1) is 5.92 Å². The van der Waals surface area contributed by atoms with Gasteiger partial charge in [-0.05, 0) is 42.9 Å². The van der Waals surface area contributed by atoms with Crippen molar-refractivity contribution in [1.82, 2.24) is 0 Å². The van der Waals surface area contributed by atoms with Crippen LogP contribution < -0.4 is 5.73 Å². The number of rotatable bonds is 2. The van der Waals surface area contributed by atoms with E-state index in [0.717, 1.165) is 22.3 Å². The van der Waals surface area contributed by atoms with Crippen LogP contribution in [0.1, 0.15) is 37.7 Å². The zero-order valence-corrected chi connectivity index (χ0v) is 12.3. The minimum atomic E-state index is 0.386. The van der Waals surface area contributed by atoms with Crippen molar-refractivity contribution >= 4 is 27.5 Å². The summed E-state index contributed by atoms with van der Waals surface area (Å²) in [5, 5.41) is 0.872. The number of halogens is 2. The van der Waals surface area contributed by atoms with E-state index in [-0.39, 0.29) is 0 Å². The molecule has 2 atom stereocenters. The lowest BCUT2D eigenvalue weighted by molar-refractivity contribution is 0.431. The van der Waals surface area contributed by atoms with Gasteiger partial charge in [-0.1, -0.05) is 52.9 Å². The first-order valence-electron chi connectivity index (χ1n) is 6.34. The number of nitrogens with two attached hydrogens (primary N) is 1. The minimum absolute atomic E-state index is 0.386. The molecule has 0 spiro atoms. The van der Waals surface area contributed by atoms with Gasteiger partial charge in [0.25, 0.3) is 0 Å². The molecule has 1 aliphatic rings. The lowest BCUT2D eigenvalue weighted by atomic mass is 9.91. The van der Waals surface area contributed by atoms with E-state index in [2.05, 4.69) is 28.1 Å². The molecule has 1 aliphatic carbocycles. The zero-order valence-electron chi connectivity index (χ0n) is 9.96. The van der Waals surface area contributed by atoms with E-state index in [1.165, 1.54) is 31.2 Å². The molecule has 1 aromatic carbocycles. The standard InChI is InChI=1S/C14H19BrClN/c15-12-6-5-11(14(16)9-12)7-10-3-1-2-4-13(17)8-10/h5-6,9-10,13H,1-4,7-8,17H2. The molecule has 2 N–H and O–H groups in total. The highest BCUT2D eigenvalue weighted by atomic mass is 79.9. The molecule has 2 rings (SSSR count). The Hall–Kier alpha value is -0.0500. The normalized spacial score (nSPS) is 25.6. The Morgan fingerprint density at radius 2 is 2.06 bits per heavy atom. The molecule has 0 amide bonds. The highest BCUT2D eigenvalue weighted by Crippen LogP contribution is 2.29. The summed E-state index contributed by atoms with van der Waals surface area (Å²) in [7, 11) is 0. The fourth-order valence-electron chi connectivity index (χ4n) is 2.69. The maximum absolute atomic E-state index is 6.26. The first-order valence-corrected chi connectivity index (χ1v) is 7.52. The number of benzene rings is 1. The molecule has 94 valence electrons. The number of hydrogen-bond acceptors (Lipinski definition) is 1. The largest absolute Gasteiger partial charge is 0.328 e. The van der Waals surface area contributed by atoms with E-state index in [9.17, 15) is 0 Å². The van der Waals surface area contributed by atoms with Crippen molar-refractivity contribution < 1.29 is 0 Å². The molecular weight excluding hydrogens is 298 g/mol. The highest BCUT2D eigenvalue weighted by molar-refractivity contribution is 9.10. The van der Waals surface area contributed by atoms with Crippen molar-refractivity contribution in [3.05, 3.63) is 33.3 Å². The molecule has 1 nitrogen and oxygen atoms in total.